The Labute approximate surface area is 212 Å². The second kappa shape index (κ2) is 12.0. The zero-order valence-electron chi connectivity index (χ0n) is 22.2. The number of aliphatic carboxylic acids is 1. The molecule has 1 aliphatic heterocycles. The first-order valence-electron chi connectivity index (χ1n) is 12.1. The number of anilines is 1. The molecule has 0 spiro atoms. The van der Waals surface area contributed by atoms with Gasteiger partial charge in [-0.2, -0.15) is 0 Å². The number of aliphatic hydroxyl groups excluding tert-OH is 1. The standard InChI is InChI=1S/C26H40N2O8/c1-15-18(29)13-21(36-22(15)23(31)32)35-19-9-8-16(14-34-24(33)25(2,3)4)12-17(19)28-20(30)10-11-27-26(5,6)7/h8-9,12,15,18,21-22,27,29H,10-11,13-14H2,1-7H3,(H,28,30)(H,31,32)/t15-,18?,21-,22?/m0/s1. The van der Waals surface area contributed by atoms with Crippen LogP contribution in [-0.2, 0) is 30.5 Å². The highest BCUT2D eigenvalue weighted by Crippen LogP contribution is 2.32. The van der Waals surface area contributed by atoms with E-state index in [0.29, 0.717) is 17.8 Å². The second-order valence-electron chi connectivity index (χ2n) is 11.2. The summed E-state index contributed by atoms with van der Waals surface area (Å²) < 4.78 is 16.9. The molecule has 2 rings (SSSR count). The largest absolute Gasteiger partial charge is 0.479 e. The van der Waals surface area contributed by atoms with Crippen LogP contribution in [0.3, 0.4) is 0 Å². The van der Waals surface area contributed by atoms with Crippen molar-refractivity contribution in [3.8, 4) is 5.75 Å². The molecule has 10 heteroatoms. The normalized spacial score (nSPS) is 22.6. The average Bonchev–Trinajstić information content (AvgIpc) is 2.74. The number of ether oxygens (including phenoxy) is 3. The maximum Gasteiger partial charge on any atom is 0.333 e. The van der Waals surface area contributed by atoms with Gasteiger partial charge in [-0.1, -0.05) is 13.0 Å². The molecule has 4 N–H and O–H groups in total. The Balaban J connectivity index is 2.20. The Hall–Kier alpha value is -2.69. The Kier molecular flexibility index (Phi) is 9.87. The summed E-state index contributed by atoms with van der Waals surface area (Å²) in [6, 6.07) is 4.91. The van der Waals surface area contributed by atoms with Crippen LogP contribution >= 0.6 is 0 Å². The number of carbonyl (C=O) groups excluding carboxylic acids is 2. The smallest absolute Gasteiger partial charge is 0.333 e. The van der Waals surface area contributed by atoms with E-state index in [1.54, 1.807) is 45.9 Å². The third-order valence-electron chi connectivity index (χ3n) is 5.63. The van der Waals surface area contributed by atoms with Crippen LogP contribution in [0.15, 0.2) is 18.2 Å². The minimum absolute atomic E-state index is 0.00206. The number of rotatable bonds is 9. The molecule has 0 bridgehead atoms. The van der Waals surface area contributed by atoms with Crippen LogP contribution in [-0.4, -0.2) is 58.6 Å². The van der Waals surface area contributed by atoms with E-state index in [2.05, 4.69) is 10.6 Å². The van der Waals surface area contributed by atoms with Gasteiger partial charge in [-0.3, -0.25) is 9.59 Å². The minimum Gasteiger partial charge on any atom is -0.479 e. The summed E-state index contributed by atoms with van der Waals surface area (Å²) in [5.41, 5.74) is 0.160. The van der Waals surface area contributed by atoms with Crippen molar-refractivity contribution in [1.29, 1.82) is 0 Å². The van der Waals surface area contributed by atoms with Crippen LogP contribution in [0.5, 0.6) is 5.75 Å². The van der Waals surface area contributed by atoms with Gasteiger partial charge >= 0.3 is 11.9 Å². The molecule has 36 heavy (non-hydrogen) atoms. The van der Waals surface area contributed by atoms with Gasteiger partial charge in [0.05, 0.1) is 17.2 Å². The Morgan fingerprint density at radius 3 is 2.39 bits per heavy atom. The lowest BCUT2D eigenvalue weighted by Crippen LogP contribution is -2.48. The molecule has 1 fully saturated rings. The van der Waals surface area contributed by atoms with Crippen LogP contribution in [0, 0.1) is 11.3 Å². The highest BCUT2D eigenvalue weighted by atomic mass is 16.7. The van der Waals surface area contributed by atoms with Gasteiger partial charge in [0.15, 0.2) is 6.10 Å². The van der Waals surface area contributed by atoms with E-state index in [1.807, 2.05) is 20.8 Å². The Morgan fingerprint density at radius 2 is 1.81 bits per heavy atom. The van der Waals surface area contributed by atoms with Crippen molar-refractivity contribution in [2.45, 2.75) is 92.0 Å². The molecular weight excluding hydrogens is 468 g/mol. The van der Waals surface area contributed by atoms with Gasteiger partial charge in [0.1, 0.15) is 12.4 Å². The number of nitrogens with one attached hydrogen (secondary N) is 2. The number of aliphatic hydroxyl groups is 1. The first kappa shape index (κ1) is 29.5. The third kappa shape index (κ3) is 9.07. The van der Waals surface area contributed by atoms with E-state index >= 15 is 0 Å². The second-order valence-corrected chi connectivity index (χ2v) is 11.2. The van der Waals surface area contributed by atoms with Crippen molar-refractivity contribution < 1.29 is 38.8 Å². The number of carbonyl (C=O) groups is 3. The maximum absolute atomic E-state index is 12.6. The van der Waals surface area contributed by atoms with E-state index in [-0.39, 0.29) is 42.6 Å². The summed E-state index contributed by atoms with van der Waals surface area (Å²) >= 11 is 0. The van der Waals surface area contributed by atoms with Crippen molar-refractivity contribution in [1.82, 2.24) is 5.32 Å². The fourth-order valence-electron chi connectivity index (χ4n) is 3.45. The lowest BCUT2D eigenvalue weighted by atomic mass is 9.93. The molecule has 2 unspecified atom stereocenters. The topological polar surface area (TPSA) is 143 Å². The molecule has 1 heterocycles. The highest BCUT2D eigenvalue weighted by Gasteiger charge is 2.40. The lowest BCUT2D eigenvalue weighted by Gasteiger charge is -2.36. The van der Waals surface area contributed by atoms with E-state index in [1.165, 1.54) is 0 Å². The van der Waals surface area contributed by atoms with Crippen LogP contribution in [0.1, 0.15) is 66.9 Å². The molecule has 1 amide bonds. The van der Waals surface area contributed by atoms with Crippen LogP contribution in [0.2, 0.25) is 0 Å². The summed E-state index contributed by atoms with van der Waals surface area (Å²) in [5, 5.41) is 25.8. The summed E-state index contributed by atoms with van der Waals surface area (Å²) in [5.74, 6) is -2.17. The van der Waals surface area contributed by atoms with Gasteiger partial charge in [0, 0.05) is 30.8 Å². The van der Waals surface area contributed by atoms with Gasteiger partial charge in [-0.15, -0.1) is 0 Å². The number of hydrogen-bond acceptors (Lipinski definition) is 8. The minimum atomic E-state index is -1.23. The van der Waals surface area contributed by atoms with Gasteiger partial charge in [-0.25, -0.2) is 4.79 Å². The van der Waals surface area contributed by atoms with Crippen molar-refractivity contribution >= 4 is 23.5 Å². The quantitative estimate of drug-likeness (QED) is 0.370. The number of hydrogen-bond donors (Lipinski definition) is 4. The van der Waals surface area contributed by atoms with Gasteiger partial charge in [0.2, 0.25) is 12.2 Å². The average molecular weight is 509 g/mol. The van der Waals surface area contributed by atoms with Crippen molar-refractivity contribution in [3.63, 3.8) is 0 Å². The fourth-order valence-corrected chi connectivity index (χ4v) is 3.45. The summed E-state index contributed by atoms with van der Waals surface area (Å²) in [6.45, 7) is 13.3. The summed E-state index contributed by atoms with van der Waals surface area (Å²) in [7, 11) is 0. The molecule has 1 saturated heterocycles. The molecular formula is C26H40N2O8. The molecule has 202 valence electrons. The summed E-state index contributed by atoms with van der Waals surface area (Å²) in [4.78, 5) is 36.3. The number of esters is 1. The zero-order valence-corrected chi connectivity index (χ0v) is 22.2. The molecule has 0 radical (unpaired) electrons. The first-order chi connectivity index (χ1) is 16.6. The van der Waals surface area contributed by atoms with Gasteiger partial charge in [-0.05, 0) is 59.2 Å². The predicted molar refractivity (Wildman–Crippen MR) is 133 cm³/mol. The molecule has 10 nitrogen and oxygen atoms in total. The van der Waals surface area contributed by atoms with Crippen molar-refractivity contribution in [3.05, 3.63) is 23.8 Å². The number of carboxylic acids is 1. The Bertz CT molecular complexity index is 935. The van der Waals surface area contributed by atoms with Crippen molar-refractivity contribution in [2.24, 2.45) is 11.3 Å². The SMILES string of the molecule is C[C@H]1C(O)C[C@@H](Oc2ccc(COC(=O)C(C)(C)C)cc2NC(=O)CCNC(C)(C)C)OC1C(=O)O. The molecule has 0 saturated carbocycles. The fraction of sp³-hybridized carbons (Fsp3) is 0.654. The molecule has 0 aliphatic carbocycles. The maximum atomic E-state index is 12.6. The Morgan fingerprint density at radius 1 is 1.14 bits per heavy atom. The van der Waals surface area contributed by atoms with E-state index in [0.717, 1.165) is 0 Å². The lowest BCUT2D eigenvalue weighted by molar-refractivity contribution is -0.211. The van der Waals surface area contributed by atoms with E-state index < -0.39 is 35.8 Å². The highest BCUT2D eigenvalue weighted by molar-refractivity contribution is 5.92. The monoisotopic (exact) mass is 508 g/mol. The number of benzene rings is 1. The van der Waals surface area contributed by atoms with Crippen LogP contribution in [0.25, 0.3) is 0 Å². The zero-order chi connectivity index (χ0) is 27.3. The molecule has 1 aromatic rings. The number of amides is 1. The molecule has 0 aromatic heterocycles. The van der Waals surface area contributed by atoms with E-state index in [9.17, 15) is 24.6 Å². The summed E-state index contributed by atoms with van der Waals surface area (Å²) in [6.07, 6.45) is -2.91. The van der Waals surface area contributed by atoms with Crippen molar-refractivity contribution in [2.75, 3.05) is 11.9 Å². The first-order valence-corrected chi connectivity index (χ1v) is 12.1. The van der Waals surface area contributed by atoms with E-state index in [4.69, 9.17) is 14.2 Å². The predicted octanol–water partition coefficient (Wildman–Crippen LogP) is 3.07. The van der Waals surface area contributed by atoms with Crippen LogP contribution < -0.4 is 15.4 Å². The molecule has 1 aliphatic rings. The van der Waals surface area contributed by atoms with Gasteiger partial charge in [0.25, 0.3) is 0 Å². The van der Waals surface area contributed by atoms with Crippen LogP contribution in [0.4, 0.5) is 5.69 Å². The molecule has 1 aromatic carbocycles. The molecule has 4 atom stereocenters. The van der Waals surface area contributed by atoms with Gasteiger partial charge < -0.3 is 35.1 Å². The number of carboxylic acid groups (broad SMARTS) is 1. The third-order valence-corrected chi connectivity index (χ3v) is 5.63.